The highest BCUT2D eigenvalue weighted by Crippen LogP contribution is 2.32. The average Bonchev–Trinajstić information content (AvgIpc) is 3.28. The lowest BCUT2D eigenvalue weighted by Crippen LogP contribution is -2.33. The highest BCUT2D eigenvalue weighted by Gasteiger charge is 2.30. The molecular formula is C26H27FN4O4. The van der Waals surface area contributed by atoms with E-state index in [4.69, 9.17) is 9.47 Å². The van der Waals surface area contributed by atoms with Crippen molar-refractivity contribution in [3.8, 4) is 5.75 Å². The molecule has 1 aromatic carbocycles. The summed E-state index contributed by atoms with van der Waals surface area (Å²) >= 11 is 0. The van der Waals surface area contributed by atoms with E-state index in [1.807, 2.05) is 0 Å². The van der Waals surface area contributed by atoms with Gasteiger partial charge in [-0.15, -0.1) is 0 Å². The molecule has 0 spiro atoms. The number of pyridine rings is 1. The number of carbonyl (C=O) groups excluding carboxylic acids is 2. The number of nitrogens with zero attached hydrogens (tertiary/aromatic N) is 4. The van der Waals surface area contributed by atoms with Crippen LogP contribution in [0.1, 0.15) is 53.5 Å². The fraction of sp³-hybridized carbons (Fsp3) is 0.385. The SMILES string of the molecule is CN1C(=O)[C@@H](CCCCC(=O)c2cc3n(n2)CCO[C@H]3c2ccccc2F)COc2cccnc21. The summed E-state index contributed by atoms with van der Waals surface area (Å²) in [5, 5.41) is 4.46. The number of amides is 1. The van der Waals surface area contributed by atoms with Crippen LogP contribution in [0, 0.1) is 11.7 Å². The molecule has 9 heteroatoms. The van der Waals surface area contributed by atoms with E-state index in [-0.39, 0.29) is 23.4 Å². The minimum absolute atomic E-state index is 0.0326. The van der Waals surface area contributed by atoms with Crippen LogP contribution in [0.5, 0.6) is 5.75 Å². The van der Waals surface area contributed by atoms with Crippen molar-refractivity contribution in [1.82, 2.24) is 14.8 Å². The Balaban J connectivity index is 1.18. The second kappa shape index (κ2) is 9.95. The number of halogens is 1. The van der Waals surface area contributed by atoms with Gasteiger partial charge in [-0.25, -0.2) is 9.37 Å². The quantitative estimate of drug-likeness (QED) is 0.378. The number of benzene rings is 1. The van der Waals surface area contributed by atoms with Crippen molar-refractivity contribution in [3.05, 3.63) is 71.4 Å². The summed E-state index contributed by atoms with van der Waals surface area (Å²) in [6.45, 7) is 1.20. The van der Waals surface area contributed by atoms with Crippen LogP contribution in [-0.2, 0) is 16.1 Å². The number of hydrogen-bond acceptors (Lipinski definition) is 6. The fourth-order valence-corrected chi connectivity index (χ4v) is 4.63. The molecule has 2 aliphatic rings. The van der Waals surface area contributed by atoms with Crippen molar-refractivity contribution in [1.29, 1.82) is 0 Å². The highest BCUT2D eigenvalue weighted by molar-refractivity contribution is 5.95. The van der Waals surface area contributed by atoms with Crippen LogP contribution in [0.2, 0.25) is 0 Å². The lowest BCUT2D eigenvalue weighted by atomic mass is 9.99. The van der Waals surface area contributed by atoms with Gasteiger partial charge in [0.25, 0.3) is 0 Å². The minimum Gasteiger partial charge on any atom is -0.489 e. The summed E-state index contributed by atoms with van der Waals surface area (Å²) < 4.78 is 27.7. The zero-order chi connectivity index (χ0) is 24.4. The van der Waals surface area contributed by atoms with Crippen molar-refractivity contribution in [2.75, 3.05) is 25.2 Å². The largest absolute Gasteiger partial charge is 0.489 e. The molecule has 5 rings (SSSR count). The Morgan fingerprint density at radius 3 is 2.91 bits per heavy atom. The molecule has 4 heterocycles. The third kappa shape index (κ3) is 4.68. The molecule has 182 valence electrons. The van der Waals surface area contributed by atoms with Crippen LogP contribution >= 0.6 is 0 Å². The maximum Gasteiger partial charge on any atom is 0.234 e. The van der Waals surface area contributed by atoms with Gasteiger partial charge in [0.2, 0.25) is 5.91 Å². The predicted molar refractivity (Wildman–Crippen MR) is 126 cm³/mol. The zero-order valence-corrected chi connectivity index (χ0v) is 19.5. The maximum absolute atomic E-state index is 14.3. The first kappa shape index (κ1) is 23.2. The molecule has 3 aromatic rings. The normalized spacial score (nSPS) is 19.5. The molecule has 0 unspecified atom stereocenters. The Bertz CT molecular complexity index is 1240. The van der Waals surface area contributed by atoms with Crippen molar-refractivity contribution in [2.45, 2.75) is 38.3 Å². The minimum atomic E-state index is -0.587. The smallest absolute Gasteiger partial charge is 0.234 e. The molecule has 0 saturated carbocycles. The second-order valence-electron chi connectivity index (χ2n) is 8.85. The fourth-order valence-electron chi connectivity index (χ4n) is 4.63. The van der Waals surface area contributed by atoms with Gasteiger partial charge in [0, 0.05) is 25.2 Å². The molecule has 0 fully saturated rings. The first-order valence-electron chi connectivity index (χ1n) is 11.9. The lowest BCUT2D eigenvalue weighted by molar-refractivity contribution is -0.122. The van der Waals surface area contributed by atoms with E-state index in [9.17, 15) is 14.0 Å². The van der Waals surface area contributed by atoms with Crippen LogP contribution < -0.4 is 9.64 Å². The summed E-state index contributed by atoms with van der Waals surface area (Å²) in [5.41, 5.74) is 1.48. The molecular weight excluding hydrogens is 451 g/mol. The van der Waals surface area contributed by atoms with Crippen molar-refractivity contribution in [2.24, 2.45) is 5.92 Å². The Labute approximate surface area is 202 Å². The number of fused-ring (bicyclic) bond motifs is 2. The van der Waals surface area contributed by atoms with Crippen LogP contribution in [0.25, 0.3) is 0 Å². The summed E-state index contributed by atoms with van der Waals surface area (Å²) in [7, 11) is 1.71. The molecule has 0 N–H and O–H groups in total. The van der Waals surface area contributed by atoms with Gasteiger partial charge in [0.05, 0.1) is 24.8 Å². The van der Waals surface area contributed by atoms with Gasteiger partial charge in [0.15, 0.2) is 17.4 Å². The van der Waals surface area contributed by atoms with E-state index < -0.39 is 6.10 Å². The first-order valence-corrected chi connectivity index (χ1v) is 11.9. The van der Waals surface area contributed by atoms with Crippen molar-refractivity contribution >= 4 is 17.5 Å². The van der Waals surface area contributed by atoms with E-state index in [2.05, 4.69) is 10.1 Å². The van der Waals surface area contributed by atoms with Crippen LogP contribution in [0.3, 0.4) is 0 Å². The van der Waals surface area contributed by atoms with Crippen LogP contribution in [0.15, 0.2) is 48.7 Å². The van der Waals surface area contributed by atoms with E-state index in [0.717, 1.165) is 0 Å². The standard InChI is InChI=1S/C26H27FN4O4/c1-30-25-23(11-6-12-28-25)35-16-17(26(30)33)7-2-5-10-22(32)20-15-21-24(34-14-13-31(21)29-20)18-8-3-4-9-19(18)27/h3-4,6,8-9,11-12,15,17,24H,2,5,7,10,13-14,16H2,1H3/t17-,24-/m0/s1. The van der Waals surface area contributed by atoms with Gasteiger partial charge in [-0.1, -0.05) is 24.6 Å². The predicted octanol–water partition coefficient (Wildman–Crippen LogP) is 3.95. The van der Waals surface area contributed by atoms with E-state index in [1.165, 1.54) is 6.07 Å². The van der Waals surface area contributed by atoms with Gasteiger partial charge in [0.1, 0.15) is 24.2 Å². The number of unbranched alkanes of at least 4 members (excludes halogenated alkanes) is 1. The van der Waals surface area contributed by atoms with Gasteiger partial charge in [-0.2, -0.15) is 5.10 Å². The average molecular weight is 479 g/mol. The monoisotopic (exact) mass is 478 g/mol. The third-order valence-electron chi connectivity index (χ3n) is 6.54. The molecule has 2 atom stereocenters. The maximum atomic E-state index is 14.3. The number of Topliss-reactive ketones (excluding diaryl/α,β-unsaturated/α-hetero) is 1. The van der Waals surface area contributed by atoms with Gasteiger partial charge in [-0.3, -0.25) is 19.2 Å². The van der Waals surface area contributed by atoms with Crippen LogP contribution in [-0.4, -0.2) is 46.7 Å². The molecule has 1 amide bonds. The molecule has 2 aromatic heterocycles. The molecule has 2 aliphatic heterocycles. The zero-order valence-electron chi connectivity index (χ0n) is 19.5. The number of hydrogen-bond donors (Lipinski definition) is 0. The second-order valence-corrected chi connectivity index (χ2v) is 8.85. The molecule has 0 bridgehead atoms. The number of rotatable bonds is 7. The van der Waals surface area contributed by atoms with E-state index in [0.29, 0.717) is 74.0 Å². The Morgan fingerprint density at radius 1 is 1.20 bits per heavy atom. The molecule has 0 aliphatic carbocycles. The Hall–Kier alpha value is -3.59. The number of anilines is 1. The number of ether oxygens (including phenoxy) is 2. The van der Waals surface area contributed by atoms with E-state index >= 15 is 0 Å². The number of carbonyl (C=O) groups is 2. The Kier molecular flexibility index (Phi) is 6.59. The summed E-state index contributed by atoms with van der Waals surface area (Å²) in [4.78, 5) is 31.5. The molecule has 0 radical (unpaired) electrons. The van der Waals surface area contributed by atoms with Crippen molar-refractivity contribution < 1.29 is 23.5 Å². The highest BCUT2D eigenvalue weighted by atomic mass is 19.1. The number of aromatic nitrogens is 3. The van der Waals surface area contributed by atoms with Crippen molar-refractivity contribution in [3.63, 3.8) is 0 Å². The third-order valence-corrected chi connectivity index (χ3v) is 6.54. The lowest BCUT2D eigenvalue weighted by Gasteiger charge is -2.24. The molecule has 35 heavy (non-hydrogen) atoms. The summed E-state index contributed by atoms with van der Waals surface area (Å²) in [6.07, 6.45) is 3.32. The topological polar surface area (TPSA) is 86.6 Å². The number of ketones is 1. The van der Waals surface area contributed by atoms with Gasteiger partial charge >= 0.3 is 0 Å². The molecule has 8 nitrogen and oxygen atoms in total. The summed E-state index contributed by atoms with van der Waals surface area (Å²) in [5.74, 6) is 0.384. The molecule has 0 saturated heterocycles. The first-order chi connectivity index (χ1) is 17.0. The summed E-state index contributed by atoms with van der Waals surface area (Å²) in [6, 6.07) is 11.8. The van der Waals surface area contributed by atoms with Gasteiger partial charge < -0.3 is 9.47 Å². The van der Waals surface area contributed by atoms with Gasteiger partial charge in [-0.05, 0) is 37.1 Å². The van der Waals surface area contributed by atoms with Crippen LogP contribution in [0.4, 0.5) is 10.2 Å². The Morgan fingerprint density at radius 2 is 2.06 bits per heavy atom. The van der Waals surface area contributed by atoms with E-state index in [1.54, 1.807) is 59.2 Å².